The Kier molecular flexibility index (Phi) is 6.78. The van der Waals surface area contributed by atoms with Crippen LogP contribution in [0.5, 0.6) is 0 Å². The Morgan fingerprint density at radius 2 is 0.778 bits per heavy atom. The number of fused-ring (bicyclic) bond motifs is 1. The van der Waals surface area contributed by atoms with Crippen LogP contribution in [0.1, 0.15) is 0 Å². The Hall–Kier alpha value is -6.13. The van der Waals surface area contributed by atoms with Crippen LogP contribution < -0.4 is 0 Å². The molecule has 0 spiro atoms. The number of nitrogens with zero attached hydrogens (tertiary/aromatic N) is 3. The van der Waals surface area contributed by atoms with Gasteiger partial charge in [0.1, 0.15) is 11.3 Å². The number of hydrogen-bond donors (Lipinski definition) is 0. The first-order valence-electron chi connectivity index (χ1n) is 15.0. The second-order valence-corrected chi connectivity index (χ2v) is 10.9. The molecule has 6 aromatic carbocycles. The molecule has 0 aliphatic heterocycles. The maximum Gasteiger partial charge on any atom is 0.164 e. The lowest BCUT2D eigenvalue weighted by molar-refractivity contribution is 0.631. The van der Waals surface area contributed by atoms with E-state index < -0.39 is 0 Å². The lowest BCUT2D eigenvalue weighted by Crippen LogP contribution is -2.00. The van der Waals surface area contributed by atoms with Crippen LogP contribution in [0.15, 0.2) is 168 Å². The zero-order valence-corrected chi connectivity index (χ0v) is 24.3. The van der Waals surface area contributed by atoms with E-state index in [1.54, 1.807) is 0 Å². The summed E-state index contributed by atoms with van der Waals surface area (Å²) in [7, 11) is 0. The summed E-state index contributed by atoms with van der Waals surface area (Å²) in [5.41, 5.74) is 9.34. The van der Waals surface area contributed by atoms with Crippen molar-refractivity contribution in [1.82, 2.24) is 15.0 Å². The molecule has 0 saturated heterocycles. The maximum atomic E-state index is 6.42. The van der Waals surface area contributed by atoms with E-state index in [1.807, 2.05) is 84.9 Å². The van der Waals surface area contributed by atoms with E-state index in [1.165, 1.54) is 16.7 Å². The Morgan fingerprint density at radius 1 is 0.333 bits per heavy atom. The highest BCUT2D eigenvalue weighted by Gasteiger charge is 2.16. The third kappa shape index (κ3) is 5.19. The van der Waals surface area contributed by atoms with Crippen LogP contribution in [-0.2, 0) is 0 Å². The minimum absolute atomic E-state index is 0.624. The summed E-state index contributed by atoms with van der Waals surface area (Å²) < 4.78 is 6.42. The molecule has 4 nitrogen and oxygen atoms in total. The molecule has 0 N–H and O–H groups in total. The van der Waals surface area contributed by atoms with Gasteiger partial charge in [-0.2, -0.15) is 0 Å². The Balaban J connectivity index is 1.18. The average Bonchev–Trinajstić information content (AvgIpc) is 3.58. The molecule has 0 fully saturated rings. The summed E-state index contributed by atoms with van der Waals surface area (Å²) in [6, 6.07) is 55.7. The third-order valence-corrected chi connectivity index (χ3v) is 7.99. The van der Waals surface area contributed by atoms with Crippen LogP contribution in [0.2, 0.25) is 0 Å². The standard InChI is InChI=1S/C41H27N3O/c1-4-13-28(14-5-1)33-19-10-11-20-34(33)35-21-12-22-37-36(35)27-38(45-37)29-23-25-32(26-24-29)41-43-39(30-15-6-2-7-16-30)42-40(44-41)31-17-8-3-9-18-31/h1-27H. The molecule has 0 aliphatic carbocycles. The van der Waals surface area contributed by atoms with Gasteiger partial charge in [-0.25, -0.2) is 15.0 Å². The minimum atomic E-state index is 0.624. The first-order chi connectivity index (χ1) is 22.3. The van der Waals surface area contributed by atoms with Crippen LogP contribution in [0.3, 0.4) is 0 Å². The van der Waals surface area contributed by atoms with Gasteiger partial charge in [-0.3, -0.25) is 0 Å². The summed E-state index contributed by atoms with van der Waals surface area (Å²) in [5, 5.41) is 1.08. The molecule has 0 atom stereocenters. The lowest BCUT2D eigenvalue weighted by Gasteiger charge is -2.10. The summed E-state index contributed by atoms with van der Waals surface area (Å²) in [5.74, 6) is 2.72. The minimum Gasteiger partial charge on any atom is -0.456 e. The summed E-state index contributed by atoms with van der Waals surface area (Å²) in [6.07, 6.45) is 0. The highest BCUT2D eigenvalue weighted by molar-refractivity contribution is 6.00. The lowest BCUT2D eigenvalue weighted by atomic mass is 9.93. The quantitative estimate of drug-likeness (QED) is 0.197. The van der Waals surface area contributed by atoms with Crippen molar-refractivity contribution in [2.24, 2.45) is 0 Å². The molecule has 0 saturated carbocycles. The van der Waals surface area contributed by atoms with Crippen LogP contribution in [0.25, 0.3) is 78.7 Å². The van der Waals surface area contributed by atoms with Gasteiger partial charge < -0.3 is 4.42 Å². The highest BCUT2D eigenvalue weighted by atomic mass is 16.3. The zero-order valence-electron chi connectivity index (χ0n) is 24.3. The Labute approximate surface area is 261 Å². The Morgan fingerprint density at radius 3 is 1.36 bits per heavy atom. The molecule has 212 valence electrons. The van der Waals surface area contributed by atoms with Gasteiger partial charge in [0, 0.05) is 27.6 Å². The average molecular weight is 578 g/mol. The van der Waals surface area contributed by atoms with Gasteiger partial charge in [0.15, 0.2) is 17.5 Å². The first-order valence-corrected chi connectivity index (χ1v) is 15.0. The molecule has 2 aromatic heterocycles. The molecule has 8 rings (SSSR count). The van der Waals surface area contributed by atoms with E-state index in [-0.39, 0.29) is 0 Å². The fraction of sp³-hybridized carbons (Fsp3) is 0. The van der Waals surface area contributed by atoms with Crippen LogP contribution >= 0.6 is 0 Å². The van der Waals surface area contributed by atoms with Gasteiger partial charge in [0.2, 0.25) is 0 Å². The van der Waals surface area contributed by atoms with E-state index >= 15 is 0 Å². The number of benzene rings is 6. The van der Waals surface area contributed by atoms with Crippen molar-refractivity contribution >= 4 is 11.0 Å². The normalized spacial score (nSPS) is 11.1. The molecule has 0 unspecified atom stereocenters. The monoisotopic (exact) mass is 577 g/mol. The maximum absolute atomic E-state index is 6.42. The van der Waals surface area contributed by atoms with Crippen LogP contribution in [-0.4, -0.2) is 15.0 Å². The largest absolute Gasteiger partial charge is 0.456 e. The fourth-order valence-corrected chi connectivity index (χ4v) is 5.75. The molecule has 0 radical (unpaired) electrons. The van der Waals surface area contributed by atoms with Crippen molar-refractivity contribution in [3.63, 3.8) is 0 Å². The molecule has 0 amide bonds. The van der Waals surface area contributed by atoms with E-state index in [0.717, 1.165) is 44.5 Å². The first kappa shape index (κ1) is 26.5. The van der Waals surface area contributed by atoms with Crippen molar-refractivity contribution in [2.45, 2.75) is 0 Å². The molecule has 0 aliphatic rings. The van der Waals surface area contributed by atoms with E-state index in [4.69, 9.17) is 19.4 Å². The van der Waals surface area contributed by atoms with Gasteiger partial charge in [-0.1, -0.05) is 152 Å². The second-order valence-electron chi connectivity index (χ2n) is 10.9. The predicted octanol–water partition coefficient (Wildman–Crippen LogP) is 10.6. The SMILES string of the molecule is c1ccc(-c2nc(-c3ccccc3)nc(-c3ccc(-c4cc5c(-c6ccccc6-c6ccccc6)cccc5o4)cc3)n2)cc1. The molecular formula is C41H27N3O. The van der Waals surface area contributed by atoms with Gasteiger partial charge in [-0.15, -0.1) is 0 Å². The van der Waals surface area contributed by atoms with Gasteiger partial charge in [0.05, 0.1) is 0 Å². The van der Waals surface area contributed by atoms with Crippen molar-refractivity contribution in [3.8, 4) is 67.7 Å². The molecule has 4 heteroatoms. The molecule has 8 aromatic rings. The highest BCUT2D eigenvalue weighted by Crippen LogP contribution is 2.39. The third-order valence-electron chi connectivity index (χ3n) is 7.99. The summed E-state index contributed by atoms with van der Waals surface area (Å²) in [6.45, 7) is 0. The topological polar surface area (TPSA) is 51.8 Å². The van der Waals surface area contributed by atoms with Crippen LogP contribution in [0, 0.1) is 0 Å². The Bertz CT molecular complexity index is 2180. The van der Waals surface area contributed by atoms with E-state index in [0.29, 0.717) is 17.5 Å². The molecule has 45 heavy (non-hydrogen) atoms. The summed E-state index contributed by atoms with van der Waals surface area (Å²) >= 11 is 0. The van der Waals surface area contributed by atoms with Crippen molar-refractivity contribution in [2.75, 3.05) is 0 Å². The van der Waals surface area contributed by atoms with Crippen molar-refractivity contribution < 1.29 is 4.42 Å². The predicted molar refractivity (Wildman–Crippen MR) is 182 cm³/mol. The zero-order chi connectivity index (χ0) is 30.0. The number of rotatable bonds is 6. The van der Waals surface area contributed by atoms with Gasteiger partial charge in [-0.05, 0) is 34.4 Å². The second kappa shape index (κ2) is 11.5. The van der Waals surface area contributed by atoms with Crippen molar-refractivity contribution in [1.29, 1.82) is 0 Å². The molecular weight excluding hydrogens is 550 g/mol. The van der Waals surface area contributed by atoms with Crippen LogP contribution in [0.4, 0.5) is 0 Å². The molecule has 2 heterocycles. The number of aromatic nitrogens is 3. The van der Waals surface area contributed by atoms with E-state index in [2.05, 4.69) is 78.9 Å². The van der Waals surface area contributed by atoms with Gasteiger partial charge in [0.25, 0.3) is 0 Å². The fourth-order valence-electron chi connectivity index (χ4n) is 5.75. The van der Waals surface area contributed by atoms with Gasteiger partial charge >= 0.3 is 0 Å². The smallest absolute Gasteiger partial charge is 0.164 e. The van der Waals surface area contributed by atoms with Crippen molar-refractivity contribution in [3.05, 3.63) is 164 Å². The molecule has 0 bridgehead atoms. The number of furan rings is 1. The summed E-state index contributed by atoms with van der Waals surface area (Å²) in [4.78, 5) is 14.5. The van der Waals surface area contributed by atoms with E-state index in [9.17, 15) is 0 Å². The number of hydrogen-bond acceptors (Lipinski definition) is 4.